The highest BCUT2D eigenvalue weighted by molar-refractivity contribution is 5.84. The van der Waals surface area contributed by atoms with Crippen LogP contribution in [0.1, 0.15) is 52.4 Å². The summed E-state index contributed by atoms with van der Waals surface area (Å²) in [5.74, 6) is 1.63. The Labute approximate surface area is 105 Å². The molecule has 0 saturated heterocycles. The highest BCUT2D eigenvalue weighted by Crippen LogP contribution is 2.45. The summed E-state index contributed by atoms with van der Waals surface area (Å²) in [6.45, 7) is 4.98. The summed E-state index contributed by atoms with van der Waals surface area (Å²) in [7, 11) is 0. The Morgan fingerprint density at radius 3 is 2.53 bits per heavy atom. The van der Waals surface area contributed by atoms with Crippen LogP contribution in [0.2, 0.25) is 0 Å². The minimum absolute atomic E-state index is 0.220. The van der Waals surface area contributed by atoms with Crippen molar-refractivity contribution in [2.45, 2.75) is 58.4 Å². The number of hydrogen-bond donors (Lipinski definition) is 2. The quantitative estimate of drug-likeness (QED) is 0.790. The molecule has 3 nitrogen and oxygen atoms in total. The van der Waals surface area contributed by atoms with Gasteiger partial charge in [0, 0.05) is 12.6 Å². The molecule has 98 valence electrons. The lowest BCUT2D eigenvalue weighted by atomic mass is 9.62. The lowest BCUT2D eigenvalue weighted by Crippen LogP contribution is -2.55. The van der Waals surface area contributed by atoms with Crippen molar-refractivity contribution in [3.8, 4) is 0 Å². The summed E-state index contributed by atoms with van der Waals surface area (Å²) in [6, 6.07) is 0.394. The maximum Gasteiger partial charge on any atom is 0.227 e. The standard InChI is InChI=1S/C14H26N2O/c1-10-4-3-5-12(6-10)16-13(17)14(9-15)7-11(2)8-14/h10-12H,3-9,15H2,1-2H3,(H,16,17). The number of rotatable bonds is 3. The van der Waals surface area contributed by atoms with Crippen LogP contribution in [0.15, 0.2) is 0 Å². The maximum absolute atomic E-state index is 12.3. The monoisotopic (exact) mass is 238 g/mol. The zero-order valence-electron chi connectivity index (χ0n) is 11.2. The van der Waals surface area contributed by atoms with Crippen LogP contribution in [-0.2, 0) is 4.79 Å². The molecule has 2 saturated carbocycles. The number of amides is 1. The van der Waals surface area contributed by atoms with E-state index in [-0.39, 0.29) is 11.3 Å². The lowest BCUT2D eigenvalue weighted by Gasteiger charge is -2.45. The Balaban J connectivity index is 1.87. The Bertz CT molecular complexity index is 284. The second-order valence-corrected chi connectivity index (χ2v) is 6.44. The van der Waals surface area contributed by atoms with Crippen LogP contribution in [0.25, 0.3) is 0 Å². The lowest BCUT2D eigenvalue weighted by molar-refractivity contribution is -0.139. The van der Waals surface area contributed by atoms with Crippen molar-refractivity contribution in [1.29, 1.82) is 0 Å². The smallest absolute Gasteiger partial charge is 0.227 e. The molecular weight excluding hydrogens is 212 g/mol. The van der Waals surface area contributed by atoms with Gasteiger partial charge in [-0.25, -0.2) is 0 Å². The number of hydrogen-bond acceptors (Lipinski definition) is 2. The van der Waals surface area contributed by atoms with Gasteiger partial charge in [0.25, 0.3) is 0 Å². The first-order chi connectivity index (χ1) is 8.05. The molecule has 0 spiro atoms. The van der Waals surface area contributed by atoms with Crippen molar-refractivity contribution in [2.24, 2.45) is 23.0 Å². The Morgan fingerprint density at radius 1 is 1.29 bits per heavy atom. The van der Waals surface area contributed by atoms with E-state index in [0.29, 0.717) is 18.5 Å². The van der Waals surface area contributed by atoms with Crippen molar-refractivity contribution in [3.05, 3.63) is 0 Å². The van der Waals surface area contributed by atoms with E-state index in [4.69, 9.17) is 5.73 Å². The zero-order chi connectivity index (χ0) is 12.5. The molecule has 2 aliphatic carbocycles. The van der Waals surface area contributed by atoms with E-state index in [9.17, 15) is 4.79 Å². The molecule has 0 aromatic rings. The van der Waals surface area contributed by atoms with E-state index in [1.165, 1.54) is 12.8 Å². The van der Waals surface area contributed by atoms with Gasteiger partial charge in [0.2, 0.25) is 5.91 Å². The van der Waals surface area contributed by atoms with Gasteiger partial charge < -0.3 is 11.1 Å². The minimum Gasteiger partial charge on any atom is -0.353 e. The molecule has 17 heavy (non-hydrogen) atoms. The summed E-state index contributed by atoms with van der Waals surface area (Å²) >= 11 is 0. The first-order valence-electron chi connectivity index (χ1n) is 7.07. The molecule has 2 fully saturated rings. The van der Waals surface area contributed by atoms with Crippen LogP contribution in [0.5, 0.6) is 0 Å². The van der Waals surface area contributed by atoms with Crippen LogP contribution >= 0.6 is 0 Å². The first kappa shape index (κ1) is 12.9. The second-order valence-electron chi connectivity index (χ2n) is 6.44. The maximum atomic E-state index is 12.3. The number of nitrogens with two attached hydrogens (primary N) is 1. The summed E-state index contributed by atoms with van der Waals surface area (Å²) < 4.78 is 0. The average molecular weight is 238 g/mol. The van der Waals surface area contributed by atoms with Crippen molar-refractivity contribution >= 4 is 5.91 Å². The van der Waals surface area contributed by atoms with Gasteiger partial charge in [0.1, 0.15) is 0 Å². The fraction of sp³-hybridized carbons (Fsp3) is 0.929. The van der Waals surface area contributed by atoms with Gasteiger partial charge in [0.15, 0.2) is 0 Å². The molecule has 1 amide bonds. The number of carbonyl (C=O) groups is 1. The fourth-order valence-corrected chi connectivity index (χ4v) is 3.62. The summed E-state index contributed by atoms with van der Waals surface area (Å²) in [5, 5.41) is 3.24. The minimum atomic E-state index is -0.236. The van der Waals surface area contributed by atoms with Gasteiger partial charge in [0.05, 0.1) is 5.41 Å². The third kappa shape index (κ3) is 2.65. The van der Waals surface area contributed by atoms with E-state index < -0.39 is 0 Å². The largest absolute Gasteiger partial charge is 0.353 e. The molecule has 0 radical (unpaired) electrons. The van der Waals surface area contributed by atoms with Crippen molar-refractivity contribution < 1.29 is 4.79 Å². The fourth-order valence-electron chi connectivity index (χ4n) is 3.62. The molecule has 2 atom stereocenters. The normalized spacial score (nSPS) is 41.7. The highest BCUT2D eigenvalue weighted by Gasteiger charge is 2.47. The van der Waals surface area contributed by atoms with Crippen LogP contribution in [0, 0.1) is 17.3 Å². The van der Waals surface area contributed by atoms with Crippen LogP contribution in [-0.4, -0.2) is 18.5 Å². The highest BCUT2D eigenvalue weighted by atomic mass is 16.2. The van der Waals surface area contributed by atoms with Gasteiger partial charge in [-0.05, 0) is 37.5 Å². The Hall–Kier alpha value is -0.570. The van der Waals surface area contributed by atoms with Crippen LogP contribution in [0.3, 0.4) is 0 Å². The second kappa shape index (κ2) is 4.97. The first-order valence-corrected chi connectivity index (χ1v) is 7.07. The van der Waals surface area contributed by atoms with E-state index in [1.54, 1.807) is 0 Å². The van der Waals surface area contributed by atoms with Gasteiger partial charge in [-0.2, -0.15) is 0 Å². The van der Waals surface area contributed by atoms with E-state index in [2.05, 4.69) is 19.2 Å². The van der Waals surface area contributed by atoms with E-state index in [1.807, 2.05) is 0 Å². The average Bonchev–Trinajstić information content (AvgIpc) is 2.24. The third-order valence-corrected chi connectivity index (χ3v) is 4.62. The zero-order valence-corrected chi connectivity index (χ0v) is 11.2. The molecule has 0 bridgehead atoms. The Kier molecular flexibility index (Phi) is 3.76. The Morgan fingerprint density at radius 2 is 2.00 bits per heavy atom. The molecule has 0 aromatic carbocycles. The molecule has 3 heteroatoms. The molecule has 0 aliphatic heterocycles. The molecular formula is C14H26N2O. The van der Waals surface area contributed by atoms with Crippen molar-refractivity contribution in [2.75, 3.05) is 6.54 Å². The predicted octanol–water partition coefficient (Wildman–Crippen LogP) is 2.06. The summed E-state index contributed by atoms with van der Waals surface area (Å²) in [5.41, 5.74) is 5.57. The van der Waals surface area contributed by atoms with Gasteiger partial charge in [-0.15, -0.1) is 0 Å². The van der Waals surface area contributed by atoms with Crippen LogP contribution < -0.4 is 11.1 Å². The molecule has 2 rings (SSSR count). The van der Waals surface area contributed by atoms with Crippen molar-refractivity contribution in [1.82, 2.24) is 5.32 Å². The van der Waals surface area contributed by atoms with Gasteiger partial charge in [-0.3, -0.25) is 4.79 Å². The number of nitrogens with one attached hydrogen (secondary N) is 1. The van der Waals surface area contributed by atoms with Gasteiger partial charge >= 0.3 is 0 Å². The van der Waals surface area contributed by atoms with E-state index in [0.717, 1.165) is 31.6 Å². The van der Waals surface area contributed by atoms with Crippen LogP contribution in [0.4, 0.5) is 0 Å². The van der Waals surface area contributed by atoms with E-state index >= 15 is 0 Å². The SMILES string of the molecule is CC1CCCC(NC(=O)C2(CN)CC(C)C2)C1. The topological polar surface area (TPSA) is 55.1 Å². The number of carbonyl (C=O) groups excluding carboxylic acids is 1. The molecule has 2 aliphatic rings. The van der Waals surface area contributed by atoms with Crippen molar-refractivity contribution in [3.63, 3.8) is 0 Å². The molecule has 0 heterocycles. The molecule has 0 aromatic heterocycles. The molecule has 3 N–H and O–H groups in total. The third-order valence-electron chi connectivity index (χ3n) is 4.62. The molecule has 2 unspecified atom stereocenters. The predicted molar refractivity (Wildman–Crippen MR) is 69.4 cm³/mol. The summed E-state index contributed by atoms with van der Waals surface area (Å²) in [6.07, 6.45) is 6.78. The summed E-state index contributed by atoms with van der Waals surface area (Å²) in [4.78, 5) is 12.3. The van der Waals surface area contributed by atoms with Gasteiger partial charge in [-0.1, -0.05) is 26.7 Å².